The lowest BCUT2D eigenvalue weighted by molar-refractivity contribution is -0.137. The molecule has 2 nitrogen and oxygen atoms in total. The predicted molar refractivity (Wildman–Crippen MR) is 78.6 cm³/mol. The van der Waals surface area contributed by atoms with Gasteiger partial charge >= 0.3 is 6.18 Å². The summed E-state index contributed by atoms with van der Waals surface area (Å²) in [6.07, 6.45) is -4.46. The Balaban J connectivity index is 2.46. The van der Waals surface area contributed by atoms with Crippen molar-refractivity contribution in [1.82, 2.24) is 0 Å². The second kappa shape index (κ2) is 5.96. The van der Waals surface area contributed by atoms with E-state index in [0.717, 1.165) is 18.2 Å². The Morgan fingerprint density at radius 2 is 1.86 bits per heavy atom. The summed E-state index contributed by atoms with van der Waals surface area (Å²) in [7, 11) is 0. The maximum Gasteiger partial charge on any atom is 0.416 e. The van der Waals surface area contributed by atoms with Crippen molar-refractivity contribution >= 4 is 38.9 Å². The first-order valence-electron chi connectivity index (χ1n) is 5.65. The third-order valence-corrected chi connectivity index (χ3v) is 3.68. The standard InChI is InChI=1S/C14H7BrClF3N2/c15-10-2-1-3-12(9(10)7-20)21-13-6-8(14(17,18)19)4-5-11(13)16/h1-6,21H. The molecule has 0 aliphatic heterocycles. The van der Waals surface area contributed by atoms with E-state index in [-0.39, 0.29) is 16.3 Å². The maximum atomic E-state index is 12.7. The number of halogens is 5. The van der Waals surface area contributed by atoms with Crippen molar-refractivity contribution in [3.8, 4) is 6.07 Å². The molecule has 0 atom stereocenters. The molecule has 0 heterocycles. The van der Waals surface area contributed by atoms with E-state index >= 15 is 0 Å². The number of hydrogen-bond donors (Lipinski definition) is 1. The van der Waals surface area contributed by atoms with Gasteiger partial charge in [-0.1, -0.05) is 17.7 Å². The minimum Gasteiger partial charge on any atom is -0.353 e. The lowest BCUT2D eigenvalue weighted by atomic mass is 10.1. The van der Waals surface area contributed by atoms with Crippen molar-refractivity contribution in [2.75, 3.05) is 5.32 Å². The smallest absolute Gasteiger partial charge is 0.353 e. The highest BCUT2D eigenvalue weighted by atomic mass is 79.9. The average Bonchev–Trinajstić information content (AvgIpc) is 2.40. The summed E-state index contributed by atoms with van der Waals surface area (Å²) in [5.74, 6) is 0. The highest BCUT2D eigenvalue weighted by Crippen LogP contribution is 2.36. The van der Waals surface area contributed by atoms with E-state index in [1.807, 2.05) is 6.07 Å². The van der Waals surface area contributed by atoms with Crippen molar-refractivity contribution in [2.45, 2.75) is 6.18 Å². The van der Waals surface area contributed by atoms with Gasteiger partial charge in [-0.3, -0.25) is 0 Å². The van der Waals surface area contributed by atoms with Gasteiger partial charge in [-0.15, -0.1) is 0 Å². The van der Waals surface area contributed by atoms with E-state index in [1.165, 1.54) is 0 Å². The number of rotatable bonds is 2. The topological polar surface area (TPSA) is 35.8 Å². The largest absolute Gasteiger partial charge is 0.416 e. The number of hydrogen-bond acceptors (Lipinski definition) is 2. The molecule has 0 aliphatic carbocycles. The zero-order valence-corrected chi connectivity index (χ0v) is 12.6. The van der Waals surface area contributed by atoms with Gasteiger partial charge in [0.25, 0.3) is 0 Å². The van der Waals surface area contributed by atoms with Crippen molar-refractivity contribution in [3.05, 3.63) is 57.0 Å². The Bertz CT molecular complexity index is 723. The van der Waals surface area contributed by atoms with Crippen molar-refractivity contribution in [3.63, 3.8) is 0 Å². The maximum absolute atomic E-state index is 12.7. The van der Waals surface area contributed by atoms with Crippen LogP contribution in [-0.4, -0.2) is 0 Å². The molecule has 2 aromatic rings. The molecule has 108 valence electrons. The van der Waals surface area contributed by atoms with Gasteiger partial charge < -0.3 is 5.32 Å². The van der Waals surface area contributed by atoms with Crippen molar-refractivity contribution in [2.24, 2.45) is 0 Å². The van der Waals surface area contributed by atoms with Gasteiger partial charge in [0.05, 0.1) is 27.5 Å². The first kappa shape index (κ1) is 15.7. The molecule has 0 aliphatic rings. The number of nitriles is 1. The summed E-state index contributed by atoms with van der Waals surface area (Å²) in [5.41, 5.74) is -0.0805. The monoisotopic (exact) mass is 374 g/mol. The predicted octanol–water partition coefficient (Wildman–Crippen LogP) is 5.74. The van der Waals surface area contributed by atoms with Gasteiger partial charge in [0, 0.05) is 4.47 Å². The Morgan fingerprint density at radius 3 is 2.48 bits per heavy atom. The van der Waals surface area contributed by atoms with Crippen molar-refractivity contribution < 1.29 is 13.2 Å². The number of benzene rings is 2. The number of alkyl halides is 3. The van der Waals surface area contributed by atoms with E-state index in [2.05, 4.69) is 21.2 Å². The minimum absolute atomic E-state index is 0.0843. The molecule has 0 saturated carbocycles. The number of anilines is 2. The van der Waals surface area contributed by atoms with Gasteiger partial charge in [-0.2, -0.15) is 18.4 Å². The van der Waals surface area contributed by atoms with Crippen LogP contribution in [0.15, 0.2) is 40.9 Å². The van der Waals surface area contributed by atoms with Gasteiger partial charge in [-0.25, -0.2) is 0 Å². The van der Waals surface area contributed by atoms with E-state index in [9.17, 15) is 13.2 Å². The summed E-state index contributed by atoms with van der Waals surface area (Å²) in [5, 5.41) is 12.0. The summed E-state index contributed by atoms with van der Waals surface area (Å²) in [4.78, 5) is 0. The molecule has 21 heavy (non-hydrogen) atoms. The lowest BCUT2D eigenvalue weighted by Gasteiger charge is -2.13. The zero-order valence-electron chi connectivity index (χ0n) is 10.3. The molecule has 1 N–H and O–H groups in total. The number of nitrogens with zero attached hydrogens (tertiary/aromatic N) is 1. The lowest BCUT2D eigenvalue weighted by Crippen LogP contribution is -2.05. The Labute approximate surface area is 132 Å². The third kappa shape index (κ3) is 3.49. The molecule has 0 amide bonds. The molecule has 0 aromatic heterocycles. The molecule has 0 saturated heterocycles. The van der Waals surface area contributed by atoms with Gasteiger partial charge in [0.15, 0.2) is 0 Å². The molecule has 0 radical (unpaired) electrons. The van der Waals surface area contributed by atoms with Crippen LogP contribution < -0.4 is 5.32 Å². The van der Waals surface area contributed by atoms with E-state index < -0.39 is 11.7 Å². The molecule has 0 bridgehead atoms. The second-order valence-electron chi connectivity index (χ2n) is 4.09. The van der Waals surface area contributed by atoms with Crippen LogP contribution in [0.5, 0.6) is 0 Å². The molecule has 2 rings (SSSR count). The van der Waals surface area contributed by atoms with Crippen molar-refractivity contribution in [1.29, 1.82) is 5.26 Å². The summed E-state index contributed by atoms with van der Waals surface area (Å²) in [6, 6.07) is 9.86. The number of nitrogens with one attached hydrogen (secondary N) is 1. The molecule has 0 spiro atoms. The van der Waals surface area contributed by atoms with Crippen LogP contribution in [0.2, 0.25) is 5.02 Å². The van der Waals surface area contributed by atoms with E-state index in [1.54, 1.807) is 18.2 Å². The summed E-state index contributed by atoms with van der Waals surface area (Å²) >= 11 is 9.12. The Kier molecular flexibility index (Phi) is 4.45. The Morgan fingerprint density at radius 1 is 1.14 bits per heavy atom. The fourth-order valence-electron chi connectivity index (χ4n) is 1.68. The molecular formula is C14H7BrClF3N2. The first-order valence-corrected chi connectivity index (χ1v) is 6.82. The third-order valence-electron chi connectivity index (χ3n) is 2.69. The van der Waals surface area contributed by atoms with Crippen LogP contribution in [-0.2, 0) is 6.18 Å². The quantitative estimate of drug-likeness (QED) is 0.727. The Hall–Kier alpha value is -1.71. The van der Waals surface area contributed by atoms with Crippen LogP contribution in [0, 0.1) is 11.3 Å². The van der Waals surface area contributed by atoms with E-state index in [4.69, 9.17) is 16.9 Å². The highest BCUT2D eigenvalue weighted by molar-refractivity contribution is 9.10. The zero-order chi connectivity index (χ0) is 15.6. The van der Waals surface area contributed by atoms with Gasteiger partial charge in [-0.05, 0) is 46.3 Å². The molecule has 2 aromatic carbocycles. The summed E-state index contributed by atoms with van der Waals surface area (Å²) < 4.78 is 38.7. The van der Waals surface area contributed by atoms with Crippen LogP contribution in [0.4, 0.5) is 24.5 Å². The van der Waals surface area contributed by atoms with Crippen LogP contribution >= 0.6 is 27.5 Å². The van der Waals surface area contributed by atoms with Crippen LogP contribution in [0.1, 0.15) is 11.1 Å². The fraction of sp³-hybridized carbons (Fsp3) is 0.0714. The first-order chi connectivity index (χ1) is 9.82. The van der Waals surface area contributed by atoms with Crippen LogP contribution in [0.3, 0.4) is 0 Å². The molecular weight excluding hydrogens is 369 g/mol. The second-order valence-corrected chi connectivity index (χ2v) is 5.35. The SMILES string of the molecule is N#Cc1c(Br)cccc1Nc1cc(C(F)(F)F)ccc1Cl. The normalized spacial score (nSPS) is 11.0. The molecule has 0 fully saturated rings. The minimum atomic E-state index is -4.46. The molecule has 0 unspecified atom stereocenters. The van der Waals surface area contributed by atoms with Crippen LogP contribution in [0.25, 0.3) is 0 Å². The van der Waals surface area contributed by atoms with E-state index in [0.29, 0.717) is 10.2 Å². The summed E-state index contributed by atoms with van der Waals surface area (Å²) in [6.45, 7) is 0. The molecule has 7 heteroatoms. The van der Waals surface area contributed by atoms with Gasteiger partial charge in [0.1, 0.15) is 6.07 Å². The average molecular weight is 376 g/mol. The van der Waals surface area contributed by atoms with Gasteiger partial charge in [0.2, 0.25) is 0 Å². The highest BCUT2D eigenvalue weighted by Gasteiger charge is 2.31. The fourth-order valence-corrected chi connectivity index (χ4v) is 2.30.